The van der Waals surface area contributed by atoms with Gasteiger partial charge in [-0.3, -0.25) is 14.2 Å². The van der Waals surface area contributed by atoms with Gasteiger partial charge in [0, 0.05) is 49.3 Å². The van der Waals surface area contributed by atoms with E-state index in [1.807, 2.05) is 42.2 Å². The number of nitrogens with zero attached hydrogens (tertiary/aromatic N) is 3. The third kappa shape index (κ3) is 3.79. The van der Waals surface area contributed by atoms with E-state index in [9.17, 15) is 9.59 Å². The molecule has 2 saturated heterocycles. The molecule has 1 aromatic carbocycles. The SMILES string of the molecule is Cc1sc2ncn(CCC(=O)N3CCC4(CC3)OCCO4)c(=O)c2c1-c1ccccc1. The second-order valence-electron chi connectivity index (χ2n) is 8.06. The van der Waals surface area contributed by atoms with Crippen LogP contribution >= 0.6 is 11.3 Å². The summed E-state index contributed by atoms with van der Waals surface area (Å²) in [5.41, 5.74) is 1.86. The number of benzene rings is 1. The molecule has 0 unspecified atom stereocenters. The van der Waals surface area contributed by atoms with E-state index in [0.29, 0.717) is 51.1 Å². The van der Waals surface area contributed by atoms with Crippen molar-refractivity contribution in [3.8, 4) is 11.1 Å². The van der Waals surface area contributed by atoms with Crippen LogP contribution in [0.2, 0.25) is 0 Å². The molecule has 1 spiro atoms. The highest BCUT2D eigenvalue weighted by Gasteiger charge is 2.40. The van der Waals surface area contributed by atoms with Crippen molar-refractivity contribution in [2.45, 2.75) is 38.5 Å². The molecule has 0 N–H and O–H groups in total. The van der Waals surface area contributed by atoms with Gasteiger partial charge < -0.3 is 14.4 Å². The first-order valence-electron chi connectivity index (χ1n) is 10.7. The number of carbonyl (C=O) groups excluding carboxylic acids is 1. The number of aromatic nitrogens is 2. The second kappa shape index (κ2) is 8.18. The van der Waals surface area contributed by atoms with Gasteiger partial charge >= 0.3 is 0 Å². The number of amides is 1. The van der Waals surface area contributed by atoms with Crippen molar-refractivity contribution < 1.29 is 14.3 Å². The standard InChI is InChI=1S/C23H25N3O4S/c1-16-19(17-5-3-2-4-6-17)20-21(31-16)24-15-26(22(20)28)10-7-18(27)25-11-8-23(9-12-25)29-13-14-30-23/h2-6,15H,7-14H2,1H3. The summed E-state index contributed by atoms with van der Waals surface area (Å²) in [4.78, 5) is 34.2. The Morgan fingerprint density at radius 2 is 1.87 bits per heavy atom. The number of thiophene rings is 1. The molecule has 4 heterocycles. The molecule has 162 valence electrons. The number of fused-ring (bicyclic) bond motifs is 1. The van der Waals surface area contributed by atoms with Crippen molar-refractivity contribution in [2.75, 3.05) is 26.3 Å². The van der Waals surface area contributed by atoms with Crippen molar-refractivity contribution in [1.82, 2.24) is 14.5 Å². The maximum Gasteiger partial charge on any atom is 0.262 e. The van der Waals surface area contributed by atoms with Crippen LogP contribution in [0.3, 0.4) is 0 Å². The van der Waals surface area contributed by atoms with Gasteiger partial charge in [-0.1, -0.05) is 30.3 Å². The van der Waals surface area contributed by atoms with E-state index >= 15 is 0 Å². The maximum absolute atomic E-state index is 13.3. The Kier molecular flexibility index (Phi) is 5.37. The zero-order chi connectivity index (χ0) is 21.4. The summed E-state index contributed by atoms with van der Waals surface area (Å²) in [7, 11) is 0. The monoisotopic (exact) mass is 439 g/mol. The summed E-state index contributed by atoms with van der Waals surface area (Å²) in [5.74, 6) is -0.447. The summed E-state index contributed by atoms with van der Waals surface area (Å²) in [6.07, 6.45) is 3.22. The van der Waals surface area contributed by atoms with Crippen LogP contribution in [-0.2, 0) is 20.8 Å². The Morgan fingerprint density at radius 3 is 2.58 bits per heavy atom. The van der Waals surface area contributed by atoms with Crippen LogP contribution in [0.4, 0.5) is 0 Å². The minimum Gasteiger partial charge on any atom is -0.347 e. The van der Waals surface area contributed by atoms with Crippen LogP contribution < -0.4 is 5.56 Å². The molecule has 0 aliphatic carbocycles. The Bertz CT molecular complexity index is 1150. The predicted molar refractivity (Wildman–Crippen MR) is 119 cm³/mol. The molecule has 2 aliphatic heterocycles. The normalized spacial score (nSPS) is 18.2. The molecule has 2 fully saturated rings. The summed E-state index contributed by atoms with van der Waals surface area (Å²) in [6.45, 7) is 4.82. The average molecular weight is 440 g/mol. The molecule has 0 radical (unpaired) electrons. The third-order valence-electron chi connectivity index (χ3n) is 6.18. The molecule has 0 bridgehead atoms. The smallest absolute Gasteiger partial charge is 0.262 e. The predicted octanol–water partition coefficient (Wildman–Crippen LogP) is 3.19. The van der Waals surface area contributed by atoms with E-state index in [-0.39, 0.29) is 17.9 Å². The summed E-state index contributed by atoms with van der Waals surface area (Å²) in [5, 5.41) is 0.638. The van der Waals surface area contributed by atoms with Crippen molar-refractivity contribution in [2.24, 2.45) is 0 Å². The maximum atomic E-state index is 13.3. The van der Waals surface area contributed by atoms with Crippen LogP contribution in [-0.4, -0.2) is 52.4 Å². The minimum atomic E-state index is -0.493. The van der Waals surface area contributed by atoms with Gasteiger partial charge in [0.05, 0.1) is 24.9 Å². The molecule has 5 rings (SSSR count). The van der Waals surface area contributed by atoms with Gasteiger partial charge in [-0.15, -0.1) is 11.3 Å². The fourth-order valence-electron chi connectivity index (χ4n) is 4.51. The van der Waals surface area contributed by atoms with Crippen LogP contribution in [0.1, 0.15) is 24.1 Å². The highest BCUT2D eigenvalue weighted by molar-refractivity contribution is 7.19. The molecule has 7 nitrogen and oxygen atoms in total. The van der Waals surface area contributed by atoms with Gasteiger partial charge in [-0.2, -0.15) is 0 Å². The minimum absolute atomic E-state index is 0.0459. The second-order valence-corrected chi connectivity index (χ2v) is 9.26. The average Bonchev–Trinajstić information content (AvgIpc) is 3.38. The van der Waals surface area contributed by atoms with Crippen molar-refractivity contribution in [3.63, 3.8) is 0 Å². The molecular weight excluding hydrogens is 414 g/mol. The first-order valence-corrected chi connectivity index (χ1v) is 11.5. The lowest BCUT2D eigenvalue weighted by molar-refractivity contribution is -0.187. The van der Waals surface area contributed by atoms with Gasteiger partial charge in [-0.25, -0.2) is 4.98 Å². The molecule has 1 amide bonds. The van der Waals surface area contributed by atoms with Gasteiger partial charge in [-0.05, 0) is 12.5 Å². The van der Waals surface area contributed by atoms with Gasteiger partial charge in [0.1, 0.15) is 4.83 Å². The summed E-state index contributed by atoms with van der Waals surface area (Å²) < 4.78 is 13.0. The van der Waals surface area contributed by atoms with Gasteiger partial charge in [0.15, 0.2) is 5.79 Å². The largest absolute Gasteiger partial charge is 0.347 e. The van der Waals surface area contributed by atoms with E-state index in [2.05, 4.69) is 4.98 Å². The Balaban J connectivity index is 1.33. The number of likely N-dealkylation sites (tertiary alicyclic amines) is 1. The fourth-order valence-corrected chi connectivity index (χ4v) is 5.51. The lowest BCUT2D eigenvalue weighted by atomic mass is 10.0. The van der Waals surface area contributed by atoms with Crippen LogP contribution in [0.5, 0.6) is 0 Å². The number of aryl methyl sites for hydroxylation is 2. The van der Waals surface area contributed by atoms with Crippen LogP contribution in [0.25, 0.3) is 21.3 Å². The van der Waals surface area contributed by atoms with Gasteiger partial charge in [0.25, 0.3) is 5.56 Å². The number of piperidine rings is 1. The number of ether oxygens (including phenoxy) is 2. The van der Waals surface area contributed by atoms with Crippen molar-refractivity contribution >= 4 is 27.5 Å². The van der Waals surface area contributed by atoms with Gasteiger partial charge in [0.2, 0.25) is 5.91 Å². The topological polar surface area (TPSA) is 73.7 Å². The van der Waals surface area contributed by atoms with E-state index in [1.54, 1.807) is 10.9 Å². The first kappa shape index (κ1) is 20.4. The number of rotatable bonds is 4. The molecule has 8 heteroatoms. The van der Waals surface area contributed by atoms with E-state index < -0.39 is 5.79 Å². The van der Waals surface area contributed by atoms with Crippen LogP contribution in [0.15, 0.2) is 41.5 Å². The molecular formula is C23H25N3O4S. The number of hydrogen-bond donors (Lipinski definition) is 0. The third-order valence-corrected chi connectivity index (χ3v) is 7.19. The quantitative estimate of drug-likeness (QED) is 0.624. The molecule has 31 heavy (non-hydrogen) atoms. The fraction of sp³-hybridized carbons (Fsp3) is 0.435. The lowest BCUT2D eigenvalue weighted by Crippen LogP contribution is -2.47. The van der Waals surface area contributed by atoms with Crippen LogP contribution in [0, 0.1) is 6.92 Å². The highest BCUT2D eigenvalue weighted by atomic mass is 32.1. The zero-order valence-corrected chi connectivity index (χ0v) is 18.3. The highest BCUT2D eigenvalue weighted by Crippen LogP contribution is 2.35. The first-order chi connectivity index (χ1) is 15.1. The Morgan fingerprint density at radius 1 is 1.16 bits per heavy atom. The number of hydrogen-bond acceptors (Lipinski definition) is 6. The molecule has 2 aromatic heterocycles. The van der Waals surface area contributed by atoms with Crippen molar-refractivity contribution in [1.29, 1.82) is 0 Å². The van der Waals surface area contributed by atoms with E-state index in [0.717, 1.165) is 20.8 Å². The summed E-state index contributed by atoms with van der Waals surface area (Å²) >= 11 is 1.53. The molecule has 2 aliphatic rings. The Labute approximate surface area is 184 Å². The molecule has 0 saturated carbocycles. The Hall–Kier alpha value is -2.55. The summed E-state index contributed by atoms with van der Waals surface area (Å²) in [6, 6.07) is 9.92. The molecule has 0 atom stereocenters. The van der Waals surface area contributed by atoms with Crippen molar-refractivity contribution in [3.05, 3.63) is 51.9 Å². The number of carbonyl (C=O) groups is 1. The lowest BCUT2D eigenvalue weighted by Gasteiger charge is -2.37. The zero-order valence-electron chi connectivity index (χ0n) is 17.5. The molecule has 3 aromatic rings. The van der Waals surface area contributed by atoms with E-state index in [4.69, 9.17) is 9.47 Å². The van der Waals surface area contributed by atoms with E-state index in [1.165, 1.54) is 11.3 Å².